The van der Waals surface area contributed by atoms with Crippen molar-refractivity contribution in [3.8, 4) is 39.8 Å². The number of methoxy groups -OCH3 is 3. The SMILES string of the molecule is COc1cc(-c2cc(CN3CCC(N(Cc4cccnc4-c4cc(OC)c(C5CCC5)c(OC)c4)c4cccc(SC)c4)CC3)ccn2)cc(C2CCC2)c1C. The molecule has 1 aliphatic heterocycles. The first-order valence-corrected chi connectivity index (χ1v) is 21.7. The third kappa shape index (κ3) is 8.01. The Balaban J connectivity index is 1.02. The van der Waals surface area contributed by atoms with Gasteiger partial charge in [0.05, 0.1) is 32.7 Å². The highest BCUT2D eigenvalue weighted by atomic mass is 32.2. The highest BCUT2D eigenvalue weighted by Crippen LogP contribution is 2.48. The van der Waals surface area contributed by atoms with Gasteiger partial charge < -0.3 is 19.1 Å². The minimum absolute atomic E-state index is 0.388. The summed E-state index contributed by atoms with van der Waals surface area (Å²) in [5.74, 6) is 3.89. The predicted octanol–water partition coefficient (Wildman–Crippen LogP) is 11.1. The number of nitrogens with zero attached hydrogens (tertiary/aromatic N) is 4. The van der Waals surface area contributed by atoms with Crippen molar-refractivity contribution in [1.82, 2.24) is 14.9 Å². The number of thioether (sulfide) groups is 1. The van der Waals surface area contributed by atoms with Crippen molar-refractivity contribution in [2.24, 2.45) is 0 Å². The molecule has 2 aliphatic carbocycles. The van der Waals surface area contributed by atoms with Gasteiger partial charge in [-0.05, 0) is 146 Å². The van der Waals surface area contributed by atoms with Crippen LogP contribution in [0.25, 0.3) is 22.5 Å². The van der Waals surface area contributed by atoms with E-state index in [0.29, 0.717) is 17.9 Å². The van der Waals surface area contributed by atoms with Crippen LogP contribution in [0.1, 0.15) is 91.0 Å². The Morgan fingerprint density at radius 2 is 1.45 bits per heavy atom. The molecule has 0 radical (unpaired) electrons. The average molecular weight is 769 g/mol. The molecule has 3 heterocycles. The van der Waals surface area contributed by atoms with E-state index in [2.05, 4.69) is 95.8 Å². The van der Waals surface area contributed by atoms with Gasteiger partial charge in [0, 0.05) is 71.9 Å². The Bertz CT molecular complexity index is 2110. The smallest absolute Gasteiger partial charge is 0.126 e. The van der Waals surface area contributed by atoms with Gasteiger partial charge in [0.25, 0.3) is 0 Å². The van der Waals surface area contributed by atoms with E-state index in [-0.39, 0.29) is 0 Å². The van der Waals surface area contributed by atoms with E-state index < -0.39 is 0 Å². The summed E-state index contributed by atoms with van der Waals surface area (Å²) in [6.07, 6.45) is 15.6. The third-order valence-electron chi connectivity index (χ3n) is 12.6. The van der Waals surface area contributed by atoms with Crippen molar-refractivity contribution in [3.63, 3.8) is 0 Å². The Hall–Kier alpha value is -4.53. The Kier molecular flexibility index (Phi) is 11.9. The first kappa shape index (κ1) is 38.3. The first-order valence-electron chi connectivity index (χ1n) is 20.4. The number of rotatable bonds is 14. The molecule has 56 heavy (non-hydrogen) atoms. The van der Waals surface area contributed by atoms with E-state index in [4.69, 9.17) is 24.2 Å². The summed E-state index contributed by atoms with van der Waals surface area (Å²) in [7, 11) is 5.32. The fourth-order valence-corrected chi connectivity index (χ4v) is 9.45. The topological polar surface area (TPSA) is 60.0 Å². The Morgan fingerprint density at radius 3 is 2.11 bits per heavy atom. The molecule has 0 spiro atoms. The molecule has 5 aromatic rings. The highest BCUT2D eigenvalue weighted by molar-refractivity contribution is 7.98. The lowest BCUT2D eigenvalue weighted by Crippen LogP contribution is -2.44. The van der Waals surface area contributed by atoms with Crippen molar-refractivity contribution in [2.45, 2.75) is 94.2 Å². The maximum atomic E-state index is 6.00. The fourth-order valence-electron chi connectivity index (χ4n) is 9.00. The van der Waals surface area contributed by atoms with Crippen LogP contribution in [0, 0.1) is 6.92 Å². The van der Waals surface area contributed by atoms with Gasteiger partial charge in [-0.25, -0.2) is 0 Å². The second-order valence-electron chi connectivity index (χ2n) is 15.8. The van der Waals surface area contributed by atoms with Gasteiger partial charge in [0.15, 0.2) is 0 Å². The molecule has 0 amide bonds. The number of benzene rings is 3. The van der Waals surface area contributed by atoms with Crippen LogP contribution in [0.3, 0.4) is 0 Å². The van der Waals surface area contributed by atoms with Gasteiger partial charge in [-0.2, -0.15) is 0 Å². The summed E-state index contributed by atoms with van der Waals surface area (Å²) >= 11 is 1.79. The van der Waals surface area contributed by atoms with E-state index in [1.54, 1.807) is 33.1 Å². The van der Waals surface area contributed by atoms with Crippen LogP contribution in [0.15, 0.2) is 90.1 Å². The number of aromatic nitrogens is 2. The second kappa shape index (κ2) is 17.3. The van der Waals surface area contributed by atoms with Gasteiger partial charge in [-0.1, -0.05) is 25.0 Å². The molecular formula is C48H56N4O3S. The summed E-state index contributed by atoms with van der Waals surface area (Å²) < 4.78 is 17.8. The number of piperidine rings is 1. The normalized spacial score (nSPS) is 16.6. The van der Waals surface area contributed by atoms with E-state index in [0.717, 1.165) is 78.8 Å². The summed E-state index contributed by atoms with van der Waals surface area (Å²) in [6, 6.07) is 27.1. The van der Waals surface area contributed by atoms with E-state index in [1.165, 1.54) is 76.9 Å². The number of ether oxygens (including phenoxy) is 3. The molecule has 0 unspecified atom stereocenters. The lowest BCUT2D eigenvalue weighted by Gasteiger charge is -2.40. The lowest BCUT2D eigenvalue weighted by molar-refractivity contribution is 0.201. The molecule has 0 atom stereocenters. The monoisotopic (exact) mass is 768 g/mol. The Morgan fingerprint density at radius 1 is 0.732 bits per heavy atom. The van der Waals surface area contributed by atoms with Gasteiger partial charge in [-0.15, -0.1) is 11.8 Å². The molecule has 8 heteroatoms. The first-order chi connectivity index (χ1) is 27.5. The average Bonchev–Trinajstić information content (AvgIpc) is 3.20. The van der Waals surface area contributed by atoms with E-state index in [1.807, 2.05) is 12.4 Å². The third-order valence-corrected chi connectivity index (χ3v) is 13.4. The van der Waals surface area contributed by atoms with Crippen LogP contribution in [0.2, 0.25) is 0 Å². The molecule has 3 fully saturated rings. The quantitative estimate of drug-likeness (QED) is 0.104. The summed E-state index contributed by atoms with van der Waals surface area (Å²) in [4.78, 5) is 16.3. The second-order valence-corrected chi connectivity index (χ2v) is 16.7. The van der Waals surface area contributed by atoms with Crippen molar-refractivity contribution in [1.29, 1.82) is 0 Å². The molecule has 0 bridgehead atoms. The van der Waals surface area contributed by atoms with Gasteiger partial charge in [-0.3, -0.25) is 14.9 Å². The number of hydrogen-bond donors (Lipinski definition) is 0. The zero-order valence-corrected chi connectivity index (χ0v) is 34.5. The minimum atomic E-state index is 0.388. The molecule has 3 aromatic carbocycles. The number of likely N-dealkylation sites (tertiary alicyclic amines) is 1. The molecule has 2 aromatic heterocycles. The number of pyridine rings is 2. The van der Waals surface area contributed by atoms with Gasteiger partial charge in [0.1, 0.15) is 17.2 Å². The van der Waals surface area contributed by atoms with Crippen LogP contribution in [0.4, 0.5) is 5.69 Å². The molecule has 0 N–H and O–H groups in total. The van der Waals surface area contributed by atoms with Gasteiger partial charge in [0.2, 0.25) is 0 Å². The molecule has 3 aliphatic rings. The van der Waals surface area contributed by atoms with Crippen molar-refractivity contribution >= 4 is 17.4 Å². The minimum Gasteiger partial charge on any atom is -0.496 e. The lowest BCUT2D eigenvalue weighted by atomic mass is 9.77. The van der Waals surface area contributed by atoms with Crippen LogP contribution >= 0.6 is 11.8 Å². The van der Waals surface area contributed by atoms with Crippen molar-refractivity contribution in [3.05, 3.63) is 113 Å². The van der Waals surface area contributed by atoms with E-state index >= 15 is 0 Å². The summed E-state index contributed by atoms with van der Waals surface area (Å²) in [5.41, 5.74) is 11.8. The van der Waals surface area contributed by atoms with Crippen LogP contribution in [0.5, 0.6) is 17.2 Å². The zero-order valence-electron chi connectivity index (χ0n) is 33.7. The highest BCUT2D eigenvalue weighted by Gasteiger charge is 2.30. The Labute approximate surface area is 337 Å². The molecular weight excluding hydrogens is 713 g/mol. The van der Waals surface area contributed by atoms with Crippen LogP contribution < -0.4 is 19.1 Å². The molecule has 8 rings (SSSR count). The maximum Gasteiger partial charge on any atom is 0.126 e. The molecule has 7 nitrogen and oxygen atoms in total. The maximum absolute atomic E-state index is 6.00. The van der Waals surface area contributed by atoms with Crippen molar-refractivity contribution < 1.29 is 14.2 Å². The standard InChI is InChI=1S/C48H56N4O3S/c1-32-42(34-10-6-11-34)25-37(26-44(32)53-2)43-24-33(17-21-49-43)30-51-22-18-39(19-23-51)52(40-15-8-16-41(29-40)56-5)31-36-14-9-20-50-48(36)38-27-45(54-3)47(35-12-7-13-35)46(28-38)55-4/h8-9,14-17,20-21,24-29,34-35,39H,6-7,10-13,18-19,22-23,30-31H2,1-5H3. The molecule has 292 valence electrons. The zero-order chi connectivity index (χ0) is 38.6. The number of anilines is 1. The van der Waals surface area contributed by atoms with Gasteiger partial charge >= 0.3 is 0 Å². The summed E-state index contributed by atoms with van der Waals surface area (Å²) in [6.45, 7) is 5.93. The molecule has 2 saturated carbocycles. The molecule has 1 saturated heterocycles. The van der Waals surface area contributed by atoms with Crippen LogP contribution in [-0.2, 0) is 13.1 Å². The van der Waals surface area contributed by atoms with Crippen molar-refractivity contribution in [2.75, 3.05) is 45.6 Å². The largest absolute Gasteiger partial charge is 0.496 e. The fraction of sp³-hybridized carbons (Fsp3) is 0.417. The summed E-state index contributed by atoms with van der Waals surface area (Å²) in [5, 5.41) is 0. The predicted molar refractivity (Wildman–Crippen MR) is 230 cm³/mol. The number of hydrogen-bond acceptors (Lipinski definition) is 8. The van der Waals surface area contributed by atoms with E-state index in [9.17, 15) is 0 Å². The van der Waals surface area contributed by atoms with Crippen LogP contribution in [-0.4, -0.2) is 61.6 Å².